The van der Waals surface area contributed by atoms with E-state index < -0.39 is 28.4 Å². The van der Waals surface area contributed by atoms with Crippen molar-refractivity contribution in [3.8, 4) is 0 Å². The Morgan fingerprint density at radius 1 is 1.33 bits per heavy atom. The Morgan fingerprint density at radius 3 is 2.72 bits per heavy atom. The van der Waals surface area contributed by atoms with Crippen LogP contribution in [0.25, 0.3) is 0 Å². The van der Waals surface area contributed by atoms with E-state index >= 15 is 0 Å². The van der Waals surface area contributed by atoms with E-state index in [2.05, 4.69) is 5.10 Å². The van der Waals surface area contributed by atoms with E-state index in [1.807, 2.05) is 0 Å². The molecular formula is C9H12F3N3O2S. The van der Waals surface area contributed by atoms with Crippen molar-refractivity contribution in [2.24, 2.45) is 0 Å². The van der Waals surface area contributed by atoms with Gasteiger partial charge in [-0.3, -0.25) is 4.68 Å². The van der Waals surface area contributed by atoms with Gasteiger partial charge in [0, 0.05) is 12.7 Å². The van der Waals surface area contributed by atoms with Gasteiger partial charge >= 0.3 is 6.18 Å². The zero-order valence-corrected chi connectivity index (χ0v) is 10.2. The molecule has 1 aromatic heterocycles. The summed E-state index contributed by atoms with van der Waals surface area (Å²) < 4.78 is 62.4. The molecule has 1 aliphatic heterocycles. The number of sulfonamides is 1. The molecular weight excluding hydrogens is 271 g/mol. The number of alkyl halides is 3. The Labute approximate surface area is 102 Å². The lowest BCUT2D eigenvalue weighted by Gasteiger charge is -2.27. The molecule has 2 rings (SSSR count). The van der Waals surface area contributed by atoms with Gasteiger partial charge in [-0.25, -0.2) is 8.42 Å². The van der Waals surface area contributed by atoms with E-state index in [0.717, 1.165) is 4.31 Å². The molecule has 0 atom stereocenters. The molecule has 0 bridgehead atoms. The van der Waals surface area contributed by atoms with Crippen LogP contribution in [0.4, 0.5) is 13.2 Å². The highest BCUT2D eigenvalue weighted by Crippen LogP contribution is 2.22. The summed E-state index contributed by atoms with van der Waals surface area (Å²) in [4.78, 5) is 0. The zero-order chi connectivity index (χ0) is 13.4. The first kappa shape index (κ1) is 13.3. The topological polar surface area (TPSA) is 55.2 Å². The molecule has 0 aromatic carbocycles. The predicted octanol–water partition coefficient (Wildman–Crippen LogP) is 0.981. The van der Waals surface area contributed by atoms with Crippen molar-refractivity contribution >= 4 is 10.0 Å². The predicted molar refractivity (Wildman–Crippen MR) is 57.1 cm³/mol. The lowest BCUT2D eigenvalue weighted by Crippen LogP contribution is -2.40. The maximum absolute atomic E-state index is 12.0. The minimum absolute atomic E-state index is 0.0835. The third kappa shape index (κ3) is 3.02. The molecule has 18 heavy (non-hydrogen) atoms. The number of halogens is 3. The van der Waals surface area contributed by atoms with Crippen molar-refractivity contribution in [1.29, 1.82) is 0 Å². The molecule has 9 heteroatoms. The van der Waals surface area contributed by atoms with Crippen LogP contribution in [0.3, 0.4) is 0 Å². The Balaban J connectivity index is 2.04. The standard InChI is InChI=1S/C9H12F3N3O2S/c10-9(11,12)2-6-18(16,17)14-4-5-15-8(7-14)1-3-13-15/h1,3H,2,4-7H2. The van der Waals surface area contributed by atoms with Gasteiger partial charge < -0.3 is 0 Å². The molecule has 0 saturated heterocycles. The summed E-state index contributed by atoms with van der Waals surface area (Å²) in [6, 6.07) is 1.66. The fourth-order valence-electron chi connectivity index (χ4n) is 1.77. The number of hydrogen-bond acceptors (Lipinski definition) is 3. The lowest BCUT2D eigenvalue weighted by atomic mass is 10.3. The minimum atomic E-state index is -4.45. The van der Waals surface area contributed by atoms with Crippen LogP contribution in [0, 0.1) is 0 Å². The Bertz CT molecular complexity index is 523. The fourth-order valence-corrected chi connectivity index (χ4v) is 3.21. The first-order valence-electron chi connectivity index (χ1n) is 5.33. The summed E-state index contributed by atoms with van der Waals surface area (Å²) in [5, 5.41) is 3.97. The zero-order valence-electron chi connectivity index (χ0n) is 9.39. The smallest absolute Gasteiger partial charge is 0.267 e. The van der Waals surface area contributed by atoms with E-state index in [-0.39, 0.29) is 13.1 Å². The lowest BCUT2D eigenvalue weighted by molar-refractivity contribution is -0.130. The van der Waals surface area contributed by atoms with Gasteiger partial charge in [-0.15, -0.1) is 0 Å². The molecule has 0 unspecified atom stereocenters. The van der Waals surface area contributed by atoms with Crippen LogP contribution in [0.15, 0.2) is 12.3 Å². The van der Waals surface area contributed by atoms with Gasteiger partial charge in [-0.2, -0.15) is 22.6 Å². The van der Waals surface area contributed by atoms with Crippen molar-refractivity contribution in [2.45, 2.75) is 25.7 Å². The molecule has 0 aliphatic carbocycles. The van der Waals surface area contributed by atoms with Gasteiger partial charge in [-0.1, -0.05) is 0 Å². The Kier molecular flexibility index (Phi) is 3.37. The SMILES string of the molecule is O=S(=O)(CCC(F)(F)F)N1CCn2nccc2C1. The Morgan fingerprint density at radius 2 is 2.06 bits per heavy atom. The van der Waals surface area contributed by atoms with Crippen molar-refractivity contribution < 1.29 is 21.6 Å². The molecule has 0 amide bonds. The third-order valence-corrected chi connectivity index (χ3v) is 4.56. The highest BCUT2D eigenvalue weighted by molar-refractivity contribution is 7.89. The van der Waals surface area contributed by atoms with Gasteiger partial charge in [0.2, 0.25) is 10.0 Å². The van der Waals surface area contributed by atoms with Crippen LogP contribution in [0.5, 0.6) is 0 Å². The molecule has 2 heterocycles. The number of rotatable bonds is 3. The summed E-state index contributed by atoms with van der Waals surface area (Å²) in [5.74, 6) is -0.898. The summed E-state index contributed by atoms with van der Waals surface area (Å²) >= 11 is 0. The van der Waals surface area contributed by atoms with Crippen LogP contribution < -0.4 is 0 Å². The van der Waals surface area contributed by atoms with Crippen molar-refractivity contribution in [2.75, 3.05) is 12.3 Å². The Hall–Kier alpha value is -1.09. The van der Waals surface area contributed by atoms with Gasteiger partial charge in [-0.05, 0) is 6.07 Å². The molecule has 0 N–H and O–H groups in total. The second-order valence-corrected chi connectivity index (χ2v) is 6.15. The summed E-state index contributed by atoms with van der Waals surface area (Å²) in [5.41, 5.74) is 0.692. The van der Waals surface area contributed by atoms with Gasteiger partial charge in [0.25, 0.3) is 0 Å². The summed E-state index contributed by atoms with van der Waals surface area (Å²) in [7, 11) is -3.86. The molecule has 0 fully saturated rings. The van der Waals surface area contributed by atoms with E-state index in [4.69, 9.17) is 0 Å². The monoisotopic (exact) mass is 283 g/mol. The summed E-state index contributed by atoms with van der Waals surface area (Å²) in [6.45, 7) is 0.614. The second kappa shape index (κ2) is 4.54. The molecule has 1 aromatic rings. The number of nitrogens with zero attached hydrogens (tertiary/aromatic N) is 3. The van der Waals surface area contributed by atoms with E-state index in [0.29, 0.717) is 12.2 Å². The molecule has 1 aliphatic rings. The number of aromatic nitrogens is 2. The maximum atomic E-state index is 12.0. The van der Waals surface area contributed by atoms with E-state index in [9.17, 15) is 21.6 Å². The van der Waals surface area contributed by atoms with Crippen molar-refractivity contribution in [3.63, 3.8) is 0 Å². The highest BCUT2D eigenvalue weighted by atomic mass is 32.2. The van der Waals surface area contributed by atoms with Crippen molar-refractivity contribution in [1.82, 2.24) is 14.1 Å². The normalized spacial score (nSPS) is 17.7. The first-order chi connectivity index (χ1) is 8.28. The molecule has 5 nitrogen and oxygen atoms in total. The molecule has 0 radical (unpaired) electrons. The summed E-state index contributed by atoms with van der Waals surface area (Å²) in [6.07, 6.45) is -4.23. The average molecular weight is 283 g/mol. The van der Waals surface area contributed by atoms with E-state index in [1.165, 1.54) is 0 Å². The molecule has 0 spiro atoms. The van der Waals surface area contributed by atoms with Crippen molar-refractivity contribution in [3.05, 3.63) is 18.0 Å². The quantitative estimate of drug-likeness (QED) is 0.831. The maximum Gasteiger partial charge on any atom is 0.390 e. The largest absolute Gasteiger partial charge is 0.390 e. The fraction of sp³-hybridized carbons (Fsp3) is 0.667. The minimum Gasteiger partial charge on any atom is -0.267 e. The van der Waals surface area contributed by atoms with Crippen LogP contribution in [0.2, 0.25) is 0 Å². The van der Waals surface area contributed by atoms with E-state index in [1.54, 1.807) is 16.9 Å². The highest BCUT2D eigenvalue weighted by Gasteiger charge is 2.33. The third-order valence-electron chi connectivity index (χ3n) is 2.74. The second-order valence-electron chi connectivity index (χ2n) is 4.06. The van der Waals surface area contributed by atoms with Crippen LogP contribution in [-0.4, -0.2) is 41.0 Å². The van der Waals surface area contributed by atoms with Crippen LogP contribution in [0.1, 0.15) is 12.1 Å². The van der Waals surface area contributed by atoms with Gasteiger partial charge in [0.15, 0.2) is 0 Å². The average Bonchev–Trinajstić information content (AvgIpc) is 2.72. The van der Waals surface area contributed by atoms with Gasteiger partial charge in [0.1, 0.15) is 0 Å². The molecule has 0 saturated carbocycles. The van der Waals surface area contributed by atoms with Gasteiger partial charge in [0.05, 0.1) is 31.0 Å². The van der Waals surface area contributed by atoms with Crippen LogP contribution in [-0.2, 0) is 23.1 Å². The number of fused-ring (bicyclic) bond motifs is 1. The van der Waals surface area contributed by atoms with Crippen LogP contribution >= 0.6 is 0 Å². The first-order valence-corrected chi connectivity index (χ1v) is 6.94. The molecule has 102 valence electrons. The number of hydrogen-bond donors (Lipinski definition) is 0.